The Kier molecular flexibility index (Phi) is 5.22. The molecule has 0 bridgehead atoms. The second-order valence-electron chi connectivity index (χ2n) is 5.53. The zero-order chi connectivity index (χ0) is 16.3. The number of carbonyl (C=O) groups is 1. The molecule has 0 fully saturated rings. The molecular formula is C14H19F3N2O2. The number of carbonyl (C=O) groups excluding carboxylic acids is 1. The van der Waals surface area contributed by atoms with Crippen LogP contribution in [0, 0.1) is 0 Å². The van der Waals surface area contributed by atoms with E-state index >= 15 is 0 Å². The molecule has 118 valence electrons. The maximum Gasteiger partial charge on any atom is 0.416 e. The predicted molar refractivity (Wildman–Crippen MR) is 74.1 cm³/mol. The molecule has 21 heavy (non-hydrogen) atoms. The Morgan fingerprint density at radius 1 is 1.24 bits per heavy atom. The van der Waals surface area contributed by atoms with E-state index in [0.29, 0.717) is 12.1 Å². The molecule has 0 spiro atoms. The lowest BCUT2D eigenvalue weighted by atomic mass is 10.1. The Balaban J connectivity index is 3.04. The summed E-state index contributed by atoms with van der Waals surface area (Å²) in [5, 5.41) is 5.19. The topological polar surface area (TPSA) is 50.4 Å². The number of hydrogen-bond acceptors (Lipinski definition) is 3. The Morgan fingerprint density at radius 3 is 2.33 bits per heavy atom. The number of anilines is 1. The van der Waals surface area contributed by atoms with Crippen molar-refractivity contribution < 1.29 is 22.7 Å². The molecule has 0 aliphatic heterocycles. The molecule has 0 saturated heterocycles. The van der Waals surface area contributed by atoms with E-state index in [0.717, 1.165) is 12.1 Å². The normalized spacial score (nSPS) is 12.1. The van der Waals surface area contributed by atoms with Crippen molar-refractivity contribution in [2.45, 2.75) is 39.1 Å². The van der Waals surface area contributed by atoms with Crippen LogP contribution in [0.2, 0.25) is 0 Å². The Morgan fingerprint density at radius 2 is 1.86 bits per heavy atom. The first-order valence-corrected chi connectivity index (χ1v) is 6.37. The van der Waals surface area contributed by atoms with Crippen LogP contribution in [0.25, 0.3) is 0 Å². The quantitative estimate of drug-likeness (QED) is 0.893. The molecule has 7 heteroatoms. The van der Waals surface area contributed by atoms with Crippen LogP contribution in [0.15, 0.2) is 18.2 Å². The van der Waals surface area contributed by atoms with Gasteiger partial charge in [-0.05, 0) is 45.5 Å². The highest BCUT2D eigenvalue weighted by molar-refractivity contribution is 5.86. The van der Waals surface area contributed by atoms with Crippen LogP contribution in [0.1, 0.15) is 31.9 Å². The van der Waals surface area contributed by atoms with Crippen molar-refractivity contribution in [2.75, 3.05) is 12.4 Å². The van der Waals surface area contributed by atoms with Crippen LogP contribution < -0.4 is 10.6 Å². The molecule has 0 saturated carbocycles. The lowest BCUT2D eigenvalue weighted by Gasteiger charge is -2.21. The van der Waals surface area contributed by atoms with Gasteiger partial charge in [-0.15, -0.1) is 0 Å². The third kappa shape index (κ3) is 5.63. The number of ether oxygens (including phenoxy) is 1. The summed E-state index contributed by atoms with van der Waals surface area (Å²) < 4.78 is 43.3. The van der Waals surface area contributed by atoms with E-state index in [4.69, 9.17) is 4.74 Å². The van der Waals surface area contributed by atoms with Crippen LogP contribution in [-0.4, -0.2) is 18.7 Å². The van der Waals surface area contributed by atoms with E-state index in [1.807, 2.05) is 0 Å². The van der Waals surface area contributed by atoms with Gasteiger partial charge in [0.15, 0.2) is 0 Å². The summed E-state index contributed by atoms with van der Waals surface area (Å²) >= 11 is 0. The smallest absolute Gasteiger partial charge is 0.416 e. The molecular weight excluding hydrogens is 285 g/mol. The molecule has 1 amide bonds. The minimum absolute atomic E-state index is 0.0772. The van der Waals surface area contributed by atoms with Crippen LogP contribution in [0.3, 0.4) is 0 Å². The first-order valence-electron chi connectivity index (χ1n) is 6.37. The van der Waals surface area contributed by atoms with Gasteiger partial charge in [-0.3, -0.25) is 5.32 Å². The predicted octanol–water partition coefficient (Wildman–Crippen LogP) is 3.77. The molecule has 0 aliphatic carbocycles. The minimum Gasteiger partial charge on any atom is -0.444 e. The fraction of sp³-hybridized carbons (Fsp3) is 0.500. The van der Waals surface area contributed by atoms with E-state index in [2.05, 4.69) is 10.6 Å². The Hall–Kier alpha value is -1.76. The molecule has 0 aliphatic rings. The van der Waals surface area contributed by atoms with Crippen molar-refractivity contribution in [1.82, 2.24) is 5.32 Å². The van der Waals surface area contributed by atoms with Gasteiger partial charge in [-0.1, -0.05) is 6.07 Å². The third-order valence-corrected chi connectivity index (χ3v) is 2.44. The highest BCUT2D eigenvalue weighted by atomic mass is 19.4. The van der Waals surface area contributed by atoms with Crippen molar-refractivity contribution >= 4 is 11.8 Å². The maximum absolute atomic E-state index is 12.7. The van der Waals surface area contributed by atoms with Crippen molar-refractivity contribution in [3.8, 4) is 0 Å². The van der Waals surface area contributed by atoms with Crippen molar-refractivity contribution in [3.05, 3.63) is 29.3 Å². The fourth-order valence-electron chi connectivity index (χ4n) is 1.63. The van der Waals surface area contributed by atoms with Crippen molar-refractivity contribution in [2.24, 2.45) is 0 Å². The molecule has 0 atom stereocenters. The zero-order valence-electron chi connectivity index (χ0n) is 12.4. The monoisotopic (exact) mass is 304 g/mol. The summed E-state index contributed by atoms with van der Waals surface area (Å²) in [5.74, 6) is 0. The van der Waals surface area contributed by atoms with Gasteiger partial charge in [0.05, 0.1) is 5.56 Å². The number of nitrogens with one attached hydrogen (secondary N) is 2. The zero-order valence-corrected chi connectivity index (χ0v) is 12.4. The average Bonchev–Trinajstić information content (AvgIpc) is 2.27. The summed E-state index contributed by atoms with van der Waals surface area (Å²) in [6.45, 7) is 5.34. The summed E-state index contributed by atoms with van der Waals surface area (Å²) in [5.41, 5.74) is -0.937. The number of halogens is 3. The van der Waals surface area contributed by atoms with E-state index in [1.54, 1.807) is 27.8 Å². The summed E-state index contributed by atoms with van der Waals surface area (Å²) in [4.78, 5) is 11.7. The number of amides is 1. The van der Waals surface area contributed by atoms with Crippen LogP contribution in [0.5, 0.6) is 0 Å². The summed E-state index contributed by atoms with van der Waals surface area (Å²) in [6, 6.07) is 3.20. The Bertz CT molecular complexity index is 508. The highest BCUT2D eigenvalue weighted by Gasteiger charge is 2.31. The van der Waals surface area contributed by atoms with Crippen LogP contribution in [-0.2, 0) is 17.5 Å². The highest BCUT2D eigenvalue weighted by Crippen LogP contribution is 2.32. The molecule has 4 nitrogen and oxygen atoms in total. The molecule has 1 aromatic rings. The molecule has 0 heterocycles. The third-order valence-electron chi connectivity index (χ3n) is 2.44. The minimum atomic E-state index is -4.47. The number of alkyl halides is 3. The maximum atomic E-state index is 12.7. The molecule has 0 unspecified atom stereocenters. The second-order valence-corrected chi connectivity index (χ2v) is 5.53. The van der Waals surface area contributed by atoms with Gasteiger partial charge in [0.25, 0.3) is 0 Å². The van der Waals surface area contributed by atoms with Gasteiger partial charge in [-0.2, -0.15) is 13.2 Å². The first kappa shape index (κ1) is 17.3. The molecule has 0 radical (unpaired) electrons. The Labute approximate surface area is 121 Å². The molecule has 2 N–H and O–H groups in total. The van der Waals surface area contributed by atoms with Gasteiger partial charge in [0, 0.05) is 12.2 Å². The molecule has 1 aromatic carbocycles. The van der Waals surface area contributed by atoms with E-state index < -0.39 is 23.4 Å². The van der Waals surface area contributed by atoms with Gasteiger partial charge in [-0.25, -0.2) is 4.79 Å². The van der Waals surface area contributed by atoms with E-state index in [9.17, 15) is 18.0 Å². The van der Waals surface area contributed by atoms with Crippen molar-refractivity contribution in [3.63, 3.8) is 0 Å². The number of benzene rings is 1. The van der Waals surface area contributed by atoms with Gasteiger partial charge >= 0.3 is 12.3 Å². The lowest BCUT2D eigenvalue weighted by molar-refractivity contribution is -0.137. The number of hydrogen-bond donors (Lipinski definition) is 2. The van der Waals surface area contributed by atoms with Gasteiger partial charge < -0.3 is 10.1 Å². The second kappa shape index (κ2) is 6.34. The lowest BCUT2D eigenvalue weighted by Crippen LogP contribution is -2.28. The average molecular weight is 304 g/mol. The SMILES string of the molecule is CNCc1ccc(C(F)(F)F)cc1NC(=O)OC(C)(C)C. The first-order chi connectivity index (χ1) is 9.53. The van der Waals surface area contributed by atoms with E-state index in [-0.39, 0.29) is 5.69 Å². The summed E-state index contributed by atoms with van der Waals surface area (Å²) in [7, 11) is 1.66. The largest absolute Gasteiger partial charge is 0.444 e. The van der Waals surface area contributed by atoms with Crippen LogP contribution in [0.4, 0.5) is 23.7 Å². The standard InChI is InChI=1S/C14H19F3N2O2/c1-13(2,3)21-12(20)19-11-7-10(14(15,16)17)6-5-9(11)8-18-4/h5-7,18H,8H2,1-4H3,(H,19,20). The van der Waals surface area contributed by atoms with Gasteiger partial charge in [0.2, 0.25) is 0 Å². The molecule has 1 rings (SSSR count). The fourth-order valence-corrected chi connectivity index (χ4v) is 1.63. The number of rotatable bonds is 3. The van der Waals surface area contributed by atoms with Crippen LogP contribution >= 0.6 is 0 Å². The van der Waals surface area contributed by atoms with E-state index in [1.165, 1.54) is 6.07 Å². The van der Waals surface area contributed by atoms with Gasteiger partial charge in [0.1, 0.15) is 5.60 Å². The molecule has 0 aromatic heterocycles. The summed E-state index contributed by atoms with van der Waals surface area (Å²) in [6.07, 6.45) is -5.26. The van der Waals surface area contributed by atoms with Crippen molar-refractivity contribution in [1.29, 1.82) is 0 Å².